The molecule has 0 amide bonds. The van der Waals surface area contributed by atoms with Gasteiger partial charge in [-0.05, 0) is 37.0 Å². The number of anilines is 1. The fraction of sp³-hybridized carbons (Fsp3) is 0.562. The summed E-state index contributed by atoms with van der Waals surface area (Å²) in [4.78, 5) is 11.4. The lowest BCUT2D eigenvalue weighted by atomic mass is 10.1. The molecule has 136 valence electrons. The van der Waals surface area contributed by atoms with Gasteiger partial charge in [0, 0.05) is 32.5 Å². The molecular formula is C16H26N2O5S. The summed E-state index contributed by atoms with van der Waals surface area (Å²) in [7, 11) is -2.13. The number of ether oxygens (including phenoxy) is 1. The third-order valence-electron chi connectivity index (χ3n) is 3.39. The Kier molecular flexibility index (Phi) is 8.17. The number of carbonyl (C=O) groups is 1. The maximum absolute atomic E-state index is 12.3. The zero-order valence-corrected chi connectivity index (χ0v) is 15.1. The van der Waals surface area contributed by atoms with Crippen LogP contribution in [0.2, 0.25) is 0 Å². The molecule has 0 aliphatic carbocycles. The largest absolute Gasteiger partial charge is 0.478 e. The van der Waals surface area contributed by atoms with Crippen molar-refractivity contribution in [3.05, 3.63) is 23.8 Å². The first-order valence-electron chi connectivity index (χ1n) is 7.87. The fourth-order valence-corrected chi connectivity index (χ4v) is 3.10. The van der Waals surface area contributed by atoms with Crippen molar-refractivity contribution < 1.29 is 23.1 Å². The molecule has 1 aromatic rings. The lowest BCUT2D eigenvalue weighted by molar-refractivity contribution is 0.0697. The highest BCUT2D eigenvalue weighted by molar-refractivity contribution is 7.89. The molecule has 0 saturated carbocycles. The van der Waals surface area contributed by atoms with E-state index in [4.69, 9.17) is 4.74 Å². The van der Waals surface area contributed by atoms with Crippen molar-refractivity contribution in [1.82, 2.24) is 4.72 Å². The van der Waals surface area contributed by atoms with E-state index in [1.165, 1.54) is 18.2 Å². The van der Waals surface area contributed by atoms with Gasteiger partial charge in [0.1, 0.15) is 0 Å². The van der Waals surface area contributed by atoms with Gasteiger partial charge in [-0.15, -0.1) is 0 Å². The third-order valence-corrected chi connectivity index (χ3v) is 4.84. The molecule has 0 unspecified atom stereocenters. The second-order valence-corrected chi connectivity index (χ2v) is 7.63. The van der Waals surface area contributed by atoms with Crippen molar-refractivity contribution >= 4 is 21.7 Å². The molecule has 0 aliphatic heterocycles. The molecule has 8 heteroatoms. The summed E-state index contributed by atoms with van der Waals surface area (Å²) in [6.45, 7) is 5.41. The molecule has 0 heterocycles. The van der Waals surface area contributed by atoms with Crippen LogP contribution in [0.4, 0.5) is 5.69 Å². The Morgan fingerprint density at radius 3 is 2.58 bits per heavy atom. The van der Waals surface area contributed by atoms with Crippen LogP contribution in [-0.4, -0.2) is 46.3 Å². The number of benzene rings is 1. The van der Waals surface area contributed by atoms with Gasteiger partial charge in [-0.3, -0.25) is 0 Å². The van der Waals surface area contributed by atoms with Gasteiger partial charge in [0.05, 0.1) is 10.5 Å². The van der Waals surface area contributed by atoms with E-state index in [0.717, 1.165) is 0 Å². The number of methoxy groups -OCH3 is 1. The fourth-order valence-electron chi connectivity index (χ4n) is 2.03. The summed E-state index contributed by atoms with van der Waals surface area (Å²) in [5.74, 6) is -0.801. The quantitative estimate of drug-likeness (QED) is 0.524. The Labute approximate surface area is 143 Å². The average Bonchev–Trinajstić information content (AvgIpc) is 2.50. The van der Waals surface area contributed by atoms with E-state index in [1.807, 2.05) is 13.8 Å². The van der Waals surface area contributed by atoms with Crippen molar-refractivity contribution in [1.29, 1.82) is 0 Å². The maximum Gasteiger partial charge on any atom is 0.337 e. The lowest BCUT2D eigenvalue weighted by Gasteiger charge is -2.12. The van der Waals surface area contributed by atoms with Gasteiger partial charge in [0.25, 0.3) is 0 Å². The highest BCUT2D eigenvalue weighted by Gasteiger charge is 2.18. The Bertz CT molecular complexity index is 644. The van der Waals surface area contributed by atoms with Crippen LogP contribution in [0, 0.1) is 5.92 Å². The van der Waals surface area contributed by atoms with Crippen molar-refractivity contribution in [3.63, 3.8) is 0 Å². The first-order valence-corrected chi connectivity index (χ1v) is 9.36. The van der Waals surface area contributed by atoms with E-state index in [-0.39, 0.29) is 10.5 Å². The van der Waals surface area contributed by atoms with Crippen LogP contribution in [0.1, 0.15) is 37.0 Å². The van der Waals surface area contributed by atoms with Gasteiger partial charge >= 0.3 is 5.97 Å². The van der Waals surface area contributed by atoms with Gasteiger partial charge in [0.2, 0.25) is 10.0 Å². The highest BCUT2D eigenvalue weighted by atomic mass is 32.2. The zero-order valence-electron chi connectivity index (χ0n) is 14.3. The first-order chi connectivity index (χ1) is 11.3. The molecule has 1 aromatic carbocycles. The predicted octanol–water partition coefficient (Wildman–Crippen LogP) is 2.16. The van der Waals surface area contributed by atoms with Gasteiger partial charge in [-0.1, -0.05) is 13.8 Å². The molecule has 0 aromatic heterocycles. The summed E-state index contributed by atoms with van der Waals surface area (Å²) in [5, 5.41) is 12.3. The number of sulfonamides is 1. The standard InChI is InChI=1S/C16H26N2O5S/c1-12(2)7-9-18-24(21,22)13-5-6-15(14(11-13)16(19)20)17-8-4-10-23-3/h5-6,11-12,17-18H,4,7-10H2,1-3H3,(H,19,20). The zero-order chi connectivity index (χ0) is 18.2. The van der Waals surface area contributed by atoms with Crippen LogP contribution in [0.15, 0.2) is 23.1 Å². The van der Waals surface area contributed by atoms with Gasteiger partial charge < -0.3 is 15.2 Å². The van der Waals surface area contributed by atoms with Crippen molar-refractivity contribution in [2.24, 2.45) is 5.92 Å². The number of rotatable bonds is 11. The normalized spacial score (nSPS) is 11.7. The molecule has 24 heavy (non-hydrogen) atoms. The van der Waals surface area contributed by atoms with Crippen LogP contribution in [-0.2, 0) is 14.8 Å². The minimum absolute atomic E-state index is 0.0499. The number of carboxylic acids is 1. The molecule has 3 N–H and O–H groups in total. The van der Waals surface area contributed by atoms with E-state index < -0.39 is 16.0 Å². The van der Waals surface area contributed by atoms with Gasteiger partial charge in [-0.25, -0.2) is 17.9 Å². The predicted molar refractivity (Wildman–Crippen MR) is 93.0 cm³/mol. The minimum Gasteiger partial charge on any atom is -0.478 e. The van der Waals surface area contributed by atoms with E-state index >= 15 is 0 Å². The molecule has 1 rings (SSSR count). The Morgan fingerprint density at radius 2 is 2.00 bits per heavy atom. The second kappa shape index (κ2) is 9.61. The Balaban J connectivity index is 2.90. The number of carboxylic acid groups (broad SMARTS) is 1. The van der Waals surface area contributed by atoms with E-state index in [2.05, 4.69) is 10.0 Å². The van der Waals surface area contributed by atoms with E-state index in [0.29, 0.717) is 44.1 Å². The number of nitrogens with one attached hydrogen (secondary N) is 2. The first kappa shape index (κ1) is 20.4. The summed E-state index contributed by atoms with van der Waals surface area (Å²) in [5.41, 5.74) is 0.318. The molecule has 7 nitrogen and oxygen atoms in total. The highest BCUT2D eigenvalue weighted by Crippen LogP contribution is 2.21. The van der Waals surface area contributed by atoms with Crippen molar-refractivity contribution in [3.8, 4) is 0 Å². The average molecular weight is 358 g/mol. The summed E-state index contributed by atoms with van der Waals surface area (Å²) in [6.07, 6.45) is 1.43. The smallest absolute Gasteiger partial charge is 0.337 e. The molecular weight excluding hydrogens is 332 g/mol. The molecule has 0 saturated heterocycles. The summed E-state index contributed by atoms with van der Waals surface area (Å²) < 4.78 is 31.9. The Morgan fingerprint density at radius 1 is 1.29 bits per heavy atom. The molecule has 0 radical (unpaired) electrons. The van der Waals surface area contributed by atoms with Crippen LogP contribution in [0.5, 0.6) is 0 Å². The topological polar surface area (TPSA) is 105 Å². The van der Waals surface area contributed by atoms with Gasteiger partial charge in [-0.2, -0.15) is 0 Å². The molecule has 0 fully saturated rings. The van der Waals surface area contributed by atoms with E-state index in [1.54, 1.807) is 7.11 Å². The molecule has 0 spiro atoms. The van der Waals surface area contributed by atoms with Crippen LogP contribution in [0.3, 0.4) is 0 Å². The number of hydrogen-bond acceptors (Lipinski definition) is 5. The summed E-state index contributed by atoms with van der Waals surface area (Å²) in [6, 6.07) is 4.06. The summed E-state index contributed by atoms with van der Waals surface area (Å²) >= 11 is 0. The maximum atomic E-state index is 12.3. The lowest BCUT2D eigenvalue weighted by Crippen LogP contribution is -2.26. The Hall–Kier alpha value is -1.64. The van der Waals surface area contributed by atoms with Crippen LogP contribution >= 0.6 is 0 Å². The minimum atomic E-state index is -3.72. The third kappa shape index (κ3) is 6.46. The van der Waals surface area contributed by atoms with Crippen molar-refractivity contribution in [2.75, 3.05) is 32.1 Å². The molecule has 0 atom stereocenters. The monoisotopic (exact) mass is 358 g/mol. The number of aromatic carboxylic acids is 1. The van der Waals surface area contributed by atoms with E-state index in [9.17, 15) is 18.3 Å². The van der Waals surface area contributed by atoms with Crippen LogP contribution in [0.25, 0.3) is 0 Å². The molecule has 0 bridgehead atoms. The van der Waals surface area contributed by atoms with Gasteiger partial charge in [0.15, 0.2) is 0 Å². The SMILES string of the molecule is COCCCNc1ccc(S(=O)(=O)NCCC(C)C)cc1C(=O)O. The molecule has 0 aliphatic rings. The van der Waals surface area contributed by atoms with Crippen molar-refractivity contribution in [2.45, 2.75) is 31.6 Å². The van der Waals surface area contributed by atoms with Crippen LogP contribution < -0.4 is 10.0 Å². The second-order valence-electron chi connectivity index (χ2n) is 5.87. The number of hydrogen-bond donors (Lipinski definition) is 3.